The number of carbonyl (C=O) groups is 2. The molecule has 0 aliphatic heterocycles. The van der Waals surface area contributed by atoms with E-state index in [1.165, 1.54) is 6.39 Å². The van der Waals surface area contributed by atoms with Crippen molar-refractivity contribution in [2.24, 2.45) is 0 Å². The van der Waals surface area contributed by atoms with Crippen molar-refractivity contribution in [3.8, 4) is 0 Å². The highest BCUT2D eigenvalue weighted by Gasteiger charge is 2.32. The van der Waals surface area contributed by atoms with Gasteiger partial charge in [0.2, 0.25) is 6.39 Å². The second kappa shape index (κ2) is 6.17. The number of aliphatic carboxylic acids is 1. The van der Waals surface area contributed by atoms with Crippen molar-refractivity contribution in [3.63, 3.8) is 0 Å². The number of hydrogen-bond donors (Lipinski definition) is 2. The van der Waals surface area contributed by atoms with E-state index < -0.39 is 5.97 Å². The van der Waals surface area contributed by atoms with Gasteiger partial charge in [0.1, 0.15) is 0 Å². The Labute approximate surface area is 109 Å². The minimum Gasteiger partial charge on any atom is -0.481 e. The van der Waals surface area contributed by atoms with Crippen LogP contribution < -0.4 is 5.32 Å². The third kappa shape index (κ3) is 4.23. The lowest BCUT2D eigenvalue weighted by Gasteiger charge is -2.21. The molecular weight excluding hydrogens is 252 g/mol. The van der Waals surface area contributed by atoms with Crippen LogP contribution in [0.3, 0.4) is 0 Å². The Balaban J connectivity index is 1.74. The van der Waals surface area contributed by atoms with Crippen molar-refractivity contribution in [2.75, 3.05) is 13.1 Å². The van der Waals surface area contributed by atoms with Crippen molar-refractivity contribution in [1.82, 2.24) is 20.4 Å². The number of nitrogens with zero attached hydrogens (tertiary/aromatic N) is 3. The summed E-state index contributed by atoms with van der Waals surface area (Å²) in [5, 5.41) is 15.0. The van der Waals surface area contributed by atoms with Gasteiger partial charge in [-0.25, -0.2) is 4.79 Å². The van der Waals surface area contributed by atoms with Crippen LogP contribution >= 0.6 is 0 Å². The van der Waals surface area contributed by atoms with Crippen molar-refractivity contribution in [3.05, 3.63) is 12.2 Å². The van der Waals surface area contributed by atoms with Crippen molar-refractivity contribution in [2.45, 2.75) is 31.7 Å². The maximum absolute atomic E-state index is 11.9. The number of nitrogens with one attached hydrogen (secondary N) is 1. The number of carboxylic acids is 1. The average molecular weight is 268 g/mol. The minimum atomic E-state index is -0.898. The molecular formula is C11H16N4O4. The Hall–Kier alpha value is -2.12. The zero-order chi connectivity index (χ0) is 13.7. The van der Waals surface area contributed by atoms with E-state index in [9.17, 15) is 9.59 Å². The number of carboxylic acid groups (broad SMARTS) is 1. The lowest BCUT2D eigenvalue weighted by Crippen LogP contribution is -2.43. The maximum Gasteiger partial charge on any atom is 0.317 e. The first-order valence-electron chi connectivity index (χ1n) is 6.18. The second-order valence-electron chi connectivity index (χ2n) is 4.40. The topological polar surface area (TPSA) is 109 Å². The van der Waals surface area contributed by atoms with Crippen LogP contribution in [0.2, 0.25) is 0 Å². The lowest BCUT2D eigenvalue weighted by atomic mass is 10.3. The third-order valence-corrected chi connectivity index (χ3v) is 2.85. The largest absolute Gasteiger partial charge is 0.481 e. The molecule has 0 atom stereocenters. The van der Waals surface area contributed by atoms with Gasteiger partial charge in [0.25, 0.3) is 0 Å². The van der Waals surface area contributed by atoms with Gasteiger partial charge in [0.05, 0.1) is 6.42 Å². The molecule has 0 aromatic carbocycles. The monoisotopic (exact) mass is 268 g/mol. The maximum atomic E-state index is 11.9. The highest BCUT2D eigenvalue weighted by atomic mass is 16.5. The number of urea groups is 1. The molecule has 1 aromatic rings. The summed E-state index contributed by atoms with van der Waals surface area (Å²) in [6, 6.07) is -0.0447. The molecule has 0 saturated heterocycles. The molecule has 1 aliphatic rings. The molecule has 2 N–H and O–H groups in total. The number of rotatable bonds is 7. The molecule has 1 fully saturated rings. The first-order valence-corrected chi connectivity index (χ1v) is 6.18. The van der Waals surface area contributed by atoms with Crippen LogP contribution in [0.1, 0.15) is 25.1 Å². The van der Waals surface area contributed by atoms with Gasteiger partial charge in [-0.2, -0.15) is 4.98 Å². The molecule has 19 heavy (non-hydrogen) atoms. The van der Waals surface area contributed by atoms with Crippen LogP contribution in [0.15, 0.2) is 10.9 Å². The third-order valence-electron chi connectivity index (χ3n) is 2.85. The predicted molar refractivity (Wildman–Crippen MR) is 63.4 cm³/mol. The molecule has 8 nitrogen and oxygen atoms in total. The van der Waals surface area contributed by atoms with Crippen molar-refractivity contribution >= 4 is 12.0 Å². The van der Waals surface area contributed by atoms with Gasteiger partial charge in [0.15, 0.2) is 5.82 Å². The fourth-order valence-electron chi connectivity index (χ4n) is 1.74. The van der Waals surface area contributed by atoms with E-state index in [4.69, 9.17) is 5.11 Å². The number of amides is 2. The van der Waals surface area contributed by atoms with Gasteiger partial charge >= 0.3 is 12.0 Å². The summed E-state index contributed by atoms with van der Waals surface area (Å²) in [5.41, 5.74) is 0. The van der Waals surface area contributed by atoms with E-state index in [0.717, 1.165) is 12.8 Å². The highest BCUT2D eigenvalue weighted by Crippen LogP contribution is 2.26. The van der Waals surface area contributed by atoms with E-state index in [0.29, 0.717) is 18.8 Å². The standard InChI is InChI=1S/C11H16N4O4/c16-10(17)4-6-15(8-1-2-8)11(18)12-5-3-9-13-7-19-14-9/h7-8H,1-6H2,(H,12,18)(H,16,17). The van der Waals surface area contributed by atoms with E-state index in [-0.39, 0.29) is 25.0 Å². The number of carbonyl (C=O) groups excluding carboxylic acids is 1. The van der Waals surface area contributed by atoms with Crippen LogP contribution in [0, 0.1) is 0 Å². The van der Waals surface area contributed by atoms with Gasteiger partial charge < -0.3 is 19.8 Å². The summed E-state index contributed by atoms with van der Waals surface area (Å²) >= 11 is 0. The molecule has 104 valence electrons. The summed E-state index contributed by atoms with van der Waals surface area (Å²) in [6.45, 7) is 0.642. The SMILES string of the molecule is O=C(O)CCN(C(=O)NCCc1ncon1)C1CC1. The van der Waals surface area contributed by atoms with Crippen LogP contribution in [0.5, 0.6) is 0 Å². The smallest absolute Gasteiger partial charge is 0.317 e. The fraction of sp³-hybridized carbons (Fsp3) is 0.636. The van der Waals surface area contributed by atoms with Gasteiger partial charge in [-0.1, -0.05) is 5.16 Å². The molecule has 8 heteroatoms. The Morgan fingerprint density at radius 2 is 2.32 bits per heavy atom. The number of hydrogen-bond acceptors (Lipinski definition) is 5. The average Bonchev–Trinajstić information content (AvgIpc) is 3.06. The lowest BCUT2D eigenvalue weighted by molar-refractivity contribution is -0.137. The molecule has 2 amide bonds. The Morgan fingerprint density at radius 3 is 2.89 bits per heavy atom. The first kappa shape index (κ1) is 13.3. The molecule has 1 heterocycles. The molecule has 1 aromatic heterocycles. The Bertz CT molecular complexity index is 430. The molecule has 0 radical (unpaired) electrons. The van der Waals surface area contributed by atoms with Gasteiger partial charge in [-0.3, -0.25) is 4.79 Å². The number of aromatic nitrogens is 2. The minimum absolute atomic E-state index is 0.0330. The van der Waals surface area contributed by atoms with Gasteiger partial charge in [0, 0.05) is 25.6 Å². The molecule has 2 rings (SSSR count). The van der Waals surface area contributed by atoms with E-state index >= 15 is 0 Å². The molecule has 0 spiro atoms. The zero-order valence-electron chi connectivity index (χ0n) is 10.4. The van der Waals surface area contributed by atoms with Crippen LogP contribution in [0.4, 0.5) is 4.79 Å². The van der Waals surface area contributed by atoms with Crippen molar-refractivity contribution in [1.29, 1.82) is 0 Å². The van der Waals surface area contributed by atoms with Crippen LogP contribution in [0.25, 0.3) is 0 Å². The summed E-state index contributed by atoms with van der Waals surface area (Å²) in [5.74, 6) is -0.367. The molecule has 1 saturated carbocycles. The van der Waals surface area contributed by atoms with Crippen LogP contribution in [-0.4, -0.2) is 51.3 Å². The predicted octanol–water partition coefficient (Wildman–Crippen LogP) is 0.261. The van der Waals surface area contributed by atoms with Gasteiger partial charge in [-0.05, 0) is 12.8 Å². The Kier molecular flexibility index (Phi) is 4.32. The van der Waals surface area contributed by atoms with E-state index in [1.54, 1.807) is 4.90 Å². The molecule has 1 aliphatic carbocycles. The zero-order valence-corrected chi connectivity index (χ0v) is 10.4. The molecule has 0 unspecified atom stereocenters. The quantitative estimate of drug-likeness (QED) is 0.734. The second-order valence-corrected chi connectivity index (χ2v) is 4.40. The van der Waals surface area contributed by atoms with Crippen LogP contribution in [-0.2, 0) is 11.2 Å². The Morgan fingerprint density at radius 1 is 1.53 bits per heavy atom. The summed E-state index contributed by atoms with van der Waals surface area (Å²) < 4.78 is 4.58. The summed E-state index contributed by atoms with van der Waals surface area (Å²) in [6.07, 6.45) is 3.57. The first-order chi connectivity index (χ1) is 9.16. The van der Waals surface area contributed by atoms with Gasteiger partial charge in [-0.15, -0.1) is 0 Å². The van der Waals surface area contributed by atoms with E-state index in [1.807, 2.05) is 0 Å². The summed E-state index contributed by atoms with van der Waals surface area (Å²) in [7, 11) is 0. The summed E-state index contributed by atoms with van der Waals surface area (Å²) in [4.78, 5) is 27.9. The molecule has 0 bridgehead atoms. The van der Waals surface area contributed by atoms with Crippen molar-refractivity contribution < 1.29 is 19.2 Å². The van der Waals surface area contributed by atoms with E-state index in [2.05, 4.69) is 20.0 Å². The normalized spacial score (nSPS) is 14.1. The fourth-order valence-corrected chi connectivity index (χ4v) is 1.74. The highest BCUT2D eigenvalue weighted by molar-refractivity contribution is 5.76.